The zero-order chi connectivity index (χ0) is 31.0. The molecule has 0 aliphatic heterocycles. The number of alkyl halides is 3. The molecule has 1 aromatic carbocycles. The molecule has 0 saturated heterocycles. The maximum Gasteiger partial charge on any atom is 0.433 e. The first-order chi connectivity index (χ1) is 19.5. The number of carbonyl (C=O) groups excluding carboxylic acids is 2. The predicted molar refractivity (Wildman–Crippen MR) is 148 cm³/mol. The van der Waals surface area contributed by atoms with Crippen LogP contribution in [0.4, 0.5) is 17.6 Å². The van der Waals surface area contributed by atoms with Gasteiger partial charge < -0.3 is 10.0 Å². The fraction of sp³-hybridized carbons (Fsp3) is 0.586. The minimum Gasteiger partial charge on any atom is -0.481 e. The summed E-state index contributed by atoms with van der Waals surface area (Å²) in [4.78, 5) is 40.0. The Balaban J connectivity index is 1.70. The fourth-order valence-electron chi connectivity index (χ4n) is 6.23. The van der Waals surface area contributed by atoms with Gasteiger partial charge in [-0.25, -0.2) is 4.39 Å². The molecule has 7 nitrogen and oxygen atoms in total. The molecule has 0 unspecified atom stereocenters. The van der Waals surface area contributed by atoms with Crippen LogP contribution in [0.1, 0.15) is 104 Å². The third kappa shape index (κ3) is 6.77. The maximum atomic E-state index is 14.5. The molecule has 230 valence electrons. The third-order valence-corrected chi connectivity index (χ3v) is 9.35. The monoisotopic (exact) mass is 633 g/mol. The highest BCUT2D eigenvalue weighted by molar-refractivity contribution is 6.40. The molecule has 4 rings (SSSR count). The van der Waals surface area contributed by atoms with E-state index < -0.39 is 64.3 Å². The van der Waals surface area contributed by atoms with Crippen LogP contribution in [-0.2, 0) is 11.0 Å². The number of ketones is 1. The molecule has 0 spiro atoms. The second-order valence-corrected chi connectivity index (χ2v) is 13.0. The van der Waals surface area contributed by atoms with E-state index in [1.165, 1.54) is 0 Å². The highest BCUT2D eigenvalue weighted by Crippen LogP contribution is 2.44. The molecular weight excluding hydrogens is 601 g/mol. The first-order valence-corrected chi connectivity index (χ1v) is 14.7. The van der Waals surface area contributed by atoms with Gasteiger partial charge >= 0.3 is 12.1 Å². The van der Waals surface area contributed by atoms with Crippen molar-refractivity contribution in [1.29, 1.82) is 0 Å². The van der Waals surface area contributed by atoms with Crippen molar-refractivity contribution in [1.82, 2.24) is 14.7 Å². The lowest BCUT2D eigenvalue weighted by molar-refractivity contribution is -0.152. The summed E-state index contributed by atoms with van der Waals surface area (Å²) in [6.07, 6.45) is 0.713. The van der Waals surface area contributed by atoms with Crippen LogP contribution in [0.15, 0.2) is 18.3 Å². The number of Topliss-reactive ketones (excluding diaryl/α,β-unsaturated/α-hetero) is 1. The lowest BCUT2D eigenvalue weighted by atomic mass is 9.74. The van der Waals surface area contributed by atoms with E-state index in [4.69, 9.17) is 23.2 Å². The molecule has 2 saturated carbocycles. The Labute approximate surface area is 251 Å². The quantitative estimate of drug-likeness (QED) is 0.236. The summed E-state index contributed by atoms with van der Waals surface area (Å²) in [5.74, 6) is -3.53. The van der Waals surface area contributed by atoms with Crippen molar-refractivity contribution in [2.75, 3.05) is 13.1 Å². The zero-order valence-electron chi connectivity index (χ0n) is 23.4. The molecule has 0 atom stereocenters. The van der Waals surface area contributed by atoms with Crippen LogP contribution in [0, 0.1) is 16.6 Å². The van der Waals surface area contributed by atoms with Crippen molar-refractivity contribution in [2.24, 2.45) is 10.8 Å². The Morgan fingerprint density at radius 3 is 2.14 bits per heavy atom. The summed E-state index contributed by atoms with van der Waals surface area (Å²) < 4.78 is 58.2. The van der Waals surface area contributed by atoms with E-state index >= 15 is 0 Å². The normalized spacial score (nSPS) is 22.5. The number of halogens is 6. The van der Waals surface area contributed by atoms with Gasteiger partial charge in [0, 0.05) is 6.54 Å². The van der Waals surface area contributed by atoms with Crippen LogP contribution < -0.4 is 0 Å². The number of aromatic nitrogens is 2. The van der Waals surface area contributed by atoms with Crippen LogP contribution in [-0.4, -0.2) is 50.5 Å². The smallest absolute Gasteiger partial charge is 0.433 e. The average Bonchev–Trinajstić information content (AvgIpc) is 3.34. The molecule has 2 aromatic rings. The Morgan fingerprint density at radius 1 is 1.05 bits per heavy atom. The van der Waals surface area contributed by atoms with Gasteiger partial charge in [0.2, 0.25) is 0 Å². The molecule has 42 heavy (non-hydrogen) atoms. The number of hydrogen-bond acceptors (Lipinski definition) is 4. The highest BCUT2D eigenvalue weighted by atomic mass is 35.5. The van der Waals surface area contributed by atoms with Gasteiger partial charge in [-0.05, 0) is 63.0 Å². The van der Waals surface area contributed by atoms with E-state index in [9.17, 15) is 37.1 Å². The van der Waals surface area contributed by atoms with Crippen molar-refractivity contribution in [3.05, 3.63) is 51.0 Å². The number of amides is 1. The van der Waals surface area contributed by atoms with E-state index in [-0.39, 0.29) is 47.8 Å². The summed E-state index contributed by atoms with van der Waals surface area (Å²) in [5, 5.41) is 13.0. The lowest BCUT2D eigenvalue weighted by Gasteiger charge is -2.38. The van der Waals surface area contributed by atoms with E-state index in [0.717, 1.165) is 60.0 Å². The van der Waals surface area contributed by atoms with Gasteiger partial charge in [0.05, 0.1) is 45.4 Å². The summed E-state index contributed by atoms with van der Waals surface area (Å²) >= 11 is 12.2. The van der Waals surface area contributed by atoms with Crippen LogP contribution >= 0.6 is 23.2 Å². The number of benzene rings is 1. The zero-order valence-corrected chi connectivity index (χ0v) is 24.9. The summed E-state index contributed by atoms with van der Waals surface area (Å²) in [7, 11) is 0. The van der Waals surface area contributed by atoms with Crippen LogP contribution in [0.2, 0.25) is 10.0 Å². The molecular formula is C29H33Cl2F4N3O4. The Morgan fingerprint density at radius 2 is 1.62 bits per heavy atom. The molecule has 2 aliphatic carbocycles. The second-order valence-electron chi connectivity index (χ2n) is 12.1. The third-order valence-electron chi connectivity index (χ3n) is 8.76. The van der Waals surface area contributed by atoms with Crippen molar-refractivity contribution < 1.29 is 37.1 Å². The molecule has 2 aliphatic rings. The first kappa shape index (κ1) is 32.3. The van der Waals surface area contributed by atoms with Crippen LogP contribution in [0.5, 0.6) is 0 Å². The SMILES string of the molecule is CC1(CN(CC(=O)c2c(Cl)cc(F)cc2Cl)C(=O)c2cnn(C3CCC(C)(C(=O)O)CC3)c2C(F)(F)F)CCCCC1. The number of rotatable bonds is 8. The number of carboxylic acids is 1. The summed E-state index contributed by atoms with van der Waals surface area (Å²) in [6, 6.07) is 1.06. The number of carbonyl (C=O) groups is 3. The maximum absolute atomic E-state index is 14.5. The summed E-state index contributed by atoms with van der Waals surface area (Å²) in [6.45, 7) is 2.89. The Kier molecular flexibility index (Phi) is 9.33. The van der Waals surface area contributed by atoms with E-state index in [1.807, 2.05) is 6.92 Å². The van der Waals surface area contributed by atoms with Gasteiger partial charge in [0.15, 0.2) is 11.5 Å². The van der Waals surface area contributed by atoms with Crippen molar-refractivity contribution in [2.45, 2.75) is 83.9 Å². The minimum absolute atomic E-state index is 0.0108. The molecule has 1 heterocycles. The van der Waals surface area contributed by atoms with Gasteiger partial charge in [0.25, 0.3) is 5.91 Å². The molecule has 13 heteroatoms. The minimum atomic E-state index is -4.96. The number of carboxylic acid groups (broad SMARTS) is 1. The highest BCUT2D eigenvalue weighted by Gasteiger charge is 2.45. The number of aliphatic carboxylic acids is 1. The fourth-order valence-corrected chi connectivity index (χ4v) is 6.90. The lowest BCUT2D eigenvalue weighted by Crippen LogP contribution is -2.44. The first-order valence-electron chi connectivity index (χ1n) is 13.9. The Bertz CT molecular complexity index is 1340. The topological polar surface area (TPSA) is 92.5 Å². The van der Waals surface area contributed by atoms with Crippen molar-refractivity contribution >= 4 is 40.9 Å². The number of hydrogen-bond donors (Lipinski definition) is 1. The van der Waals surface area contributed by atoms with Crippen LogP contribution in [0.25, 0.3) is 0 Å². The molecule has 1 amide bonds. The molecule has 1 N–H and O–H groups in total. The molecule has 1 aromatic heterocycles. The second kappa shape index (κ2) is 12.1. The largest absolute Gasteiger partial charge is 0.481 e. The van der Waals surface area contributed by atoms with E-state index in [1.54, 1.807) is 6.92 Å². The Hall–Kier alpha value is -2.66. The van der Waals surface area contributed by atoms with Crippen molar-refractivity contribution in [3.8, 4) is 0 Å². The van der Waals surface area contributed by atoms with Crippen LogP contribution in [0.3, 0.4) is 0 Å². The summed E-state index contributed by atoms with van der Waals surface area (Å²) in [5.41, 5.74) is -3.64. The van der Waals surface area contributed by atoms with Gasteiger partial charge in [-0.3, -0.25) is 19.1 Å². The van der Waals surface area contributed by atoms with Gasteiger partial charge in [0.1, 0.15) is 5.82 Å². The molecule has 0 bridgehead atoms. The van der Waals surface area contributed by atoms with E-state index in [0.29, 0.717) is 0 Å². The predicted octanol–water partition coefficient (Wildman–Crippen LogP) is 7.85. The standard InChI is InChI=1S/C29H33Cl2F4N3O4/c1-27(8-4-3-5-9-27)16-37(15-22(39)23-20(30)12-17(32)13-21(23)31)25(40)19-14-36-38(24(19)29(33,34)35)18-6-10-28(2,11-7-18)26(41)42/h12-14,18H,3-11,15-16H2,1-2H3,(H,41,42). The average molecular weight is 634 g/mol. The van der Waals surface area contributed by atoms with Crippen molar-refractivity contribution in [3.63, 3.8) is 0 Å². The van der Waals surface area contributed by atoms with E-state index in [2.05, 4.69) is 5.10 Å². The molecule has 0 radical (unpaired) electrons. The number of nitrogens with zero attached hydrogens (tertiary/aromatic N) is 3. The van der Waals surface area contributed by atoms with Gasteiger partial charge in [-0.2, -0.15) is 18.3 Å². The molecule has 2 fully saturated rings. The van der Waals surface area contributed by atoms with Gasteiger partial charge in [-0.15, -0.1) is 0 Å². The van der Waals surface area contributed by atoms with Gasteiger partial charge in [-0.1, -0.05) is 49.4 Å².